The molecule has 0 aromatic heterocycles. The number of carbonyl (C=O) groups excluding carboxylic acids is 2. The Bertz CT molecular complexity index is 759. The summed E-state index contributed by atoms with van der Waals surface area (Å²) in [4.78, 5) is 28.2. The maximum atomic E-state index is 13.7. The predicted octanol–water partition coefficient (Wildman–Crippen LogP) is 2.15. The first-order valence-corrected chi connectivity index (χ1v) is 8.70. The summed E-state index contributed by atoms with van der Waals surface area (Å²) in [6, 6.07) is 15.7. The van der Waals surface area contributed by atoms with E-state index < -0.39 is 0 Å². The van der Waals surface area contributed by atoms with Crippen LogP contribution in [0, 0.1) is 5.82 Å². The maximum absolute atomic E-state index is 13.7. The van der Waals surface area contributed by atoms with Crippen molar-refractivity contribution in [3.05, 3.63) is 66.0 Å². The SMILES string of the molecule is O=C(CN1CCN(C(=O)Cc2ccccc2F)CC1)Nc1ccccc1. The van der Waals surface area contributed by atoms with Crippen molar-refractivity contribution >= 4 is 17.5 Å². The molecule has 0 radical (unpaired) electrons. The lowest BCUT2D eigenvalue weighted by Crippen LogP contribution is -2.50. The molecule has 1 N–H and O–H groups in total. The molecule has 0 unspecified atom stereocenters. The van der Waals surface area contributed by atoms with Crippen LogP contribution in [0.5, 0.6) is 0 Å². The van der Waals surface area contributed by atoms with Crippen molar-refractivity contribution in [2.24, 2.45) is 0 Å². The van der Waals surface area contributed by atoms with Gasteiger partial charge in [0.15, 0.2) is 0 Å². The van der Waals surface area contributed by atoms with Gasteiger partial charge in [-0.25, -0.2) is 4.39 Å². The van der Waals surface area contributed by atoms with Crippen molar-refractivity contribution in [2.45, 2.75) is 6.42 Å². The van der Waals surface area contributed by atoms with Crippen molar-refractivity contribution < 1.29 is 14.0 Å². The molecule has 26 heavy (non-hydrogen) atoms. The van der Waals surface area contributed by atoms with Gasteiger partial charge in [-0.1, -0.05) is 36.4 Å². The summed E-state index contributed by atoms with van der Waals surface area (Å²) in [5.74, 6) is -0.497. The Hall–Kier alpha value is -2.73. The normalized spacial score (nSPS) is 14.9. The summed E-state index contributed by atoms with van der Waals surface area (Å²) < 4.78 is 13.7. The zero-order valence-electron chi connectivity index (χ0n) is 14.5. The van der Waals surface area contributed by atoms with Crippen LogP contribution in [0.15, 0.2) is 54.6 Å². The number of rotatable bonds is 5. The predicted molar refractivity (Wildman–Crippen MR) is 98.2 cm³/mol. The fraction of sp³-hybridized carbons (Fsp3) is 0.300. The second-order valence-corrected chi connectivity index (χ2v) is 6.34. The Morgan fingerprint density at radius 1 is 0.923 bits per heavy atom. The van der Waals surface area contributed by atoms with Gasteiger partial charge in [0.05, 0.1) is 13.0 Å². The highest BCUT2D eigenvalue weighted by atomic mass is 19.1. The fourth-order valence-electron chi connectivity index (χ4n) is 3.00. The van der Waals surface area contributed by atoms with Crippen LogP contribution >= 0.6 is 0 Å². The second kappa shape index (κ2) is 8.58. The summed E-state index contributed by atoms with van der Waals surface area (Å²) in [6.07, 6.45) is 0.0706. The summed E-state index contributed by atoms with van der Waals surface area (Å²) in [5, 5.41) is 2.86. The van der Waals surface area contributed by atoms with Gasteiger partial charge in [-0.2, -0.15) is 0 Å². The molecule has 136 valence electrons. The van der Waals surface area contributed by atoms with E-state index in [1.165, 1.54) is 6.07 Å². The van der Waals surface area contributed by atoms with E-state index in [2.05, 4.69) is 5.32 Å². The van der Waals surface area contributed by atoms with Crippen LogP contribution in [0.1, 0.15) is 5.56 Å². The molecule has 2 aromatic rings. The van der Waals surface area contributed by atoms with Crippen LogP contribution < -0.4 is 5.32 Å². The lowest BCUT2D eigenvalue weighted by Gasteiger charge is -2.34. The molecule has 0 bridgehead atoms. The molecule has 5 nitrogen and oxygen atoms in total. The minimum absolute atomic E-state index is 0.0673. The molecule has 0 atom stereocenters. The molecule has 2 amide bonds. The summed E-state index contributed by atoms with van der Waals surface area (Å²) in [6.45, 7) is 2.65. The van der Waals surface area contributed by atoms with E-state index in [4.69, 9.17) is 0 Å². The van der Waals surface area contributed by atoms with Gasteiger partial charge in [-0.05, 0) is 23.8 Å². The van der Waals surface area contributed by atoms with Crippen molar-refractivity contribution in [2.75, 3.05) is 38.0 Å². The Kier molecular flexibility index (Phi) is 5.96. The van der Waals surface area contributed by atoms with Crippen molar-refractivity contribution in [1.82, 2.24) is 9.80 Å². The number of para-hydroxylation sites is 1. The van der Waals surface area contributed by atoms with Crippen LogP contribution in [0.2, 0.25) is 0 Å². The van der Waals surface area contributed by atoms with Crippen molar-refractivity contribution in [3.8, 4) is 0 Å². The molecule has 3 rings (SSSR count). The standard InChI is InChI=1S/C20H22FN3O2/c21-18-9-5-4-6-16(18)14-20(26)24-12-10-23(11-13-24)15-19(25)22-17-7-2-1-3-8-17/h1-9H,10-15H2,(H,22,25). The monoisotopic (exact) mass is 355 g/mol. The van der Waals surface area contributed by atoms with E-state index in [-0.39, 0.29) is 24.1 Å². The number of benzene rings is 2. The zero-order chi connectivity index (χ0) is 18.4. The third kappa shape index (κ3) is 4.89. The number of nitrogens with zero attached hydrogens (tertiary/aromatic N) is 2. The second-order valence-electron chi connectivity index (χ2n) is 6.34. The lowest BCUT2D eigenvalue weighted by atomic mass is 10.1. The molecule has 6 heteroatoms. The average molecular weight is 355 g/mol. The number of anilines is 1. The molecule has 0 aliphatic carbocycles. The summed E-state index contributed by atoms with van der Waals surface area (Å²) >= 11 is 0. The van der Waals surface area contributed by atoms with Gasteiger partial charge in [0.25, 0.3) is 0 Å². The van der Waals surface area contributed by atoms with Gasteiger partial charge >= 0.3 is 0 Å². The topological polar surface area (TPSA) is 52.7 Å². The minimum Gasteiger partial charge on any atom is -0.340 e. The van der Waals surface area contributed by atoms with Crippen LogP contribution in [-0.4, -0.2) is 54.3 Å². The molecule has 1 heterocycles. The Balaban J connectivity index is 1.44. The molecule has 0 spiro atoms. The first-order chi connectivity index (χ1) is 12.6. The van der Waals surface area contributed by atoms with E-state index >= 15 is 0 Å². The van der Waals surface area contributed by atoms with E-state index in [0.717, 1.165) is 5.69 Å². The van der Waals surface area contributed by atoms with Gasteiger partial charge in [0, 0.05) is 31.9 Å². The van der Waals surface area contributed by atoms with Crippen LogP contribution in [0.25, 0.3) is 0 Å². The van der Waals surface area contributed by atoms with Crippen LogP contribution in [0.3, 0.4) is 0 Å². The molecule has 1 fully saturated rings. The number of carbonyl (C=O) groups is 2. The van der Waals surface area contributed by atoms with Gasteiger partial charge < -0.3 is 10.2 Å². The Morgan fingerprint density at radius 2 is 1.58 bits per heavy atom. The van der Waals surface area contributed by atoms with E-state index in [1.54, 1.807) is 23.1 Å². The third-order valence-corrected chi connectivity index (χ3v) is 4.45. The zero-order valence-corrected chi connectivity index (χ0v) is 14.5. The molecule has 0 saturated carbocycles. The average Bonchev–Trinajstić information content (AvgIpc) is 2.65. The number of hydrogen-bond acceptors (Lipinski definition) is 3. The summed E-state index contributed by atoms with van der Waals surface area (Å²) in [7, 11) is 0. The molecule has 1 saturated heterocycles. The van der Waals surface area contributed by atoms with Crippen LogP contribution in [-0.2, 0) is 16.0 Å². The summed E-state index contributed by atoms with van der Waals surface area (Å²) in [5.41, 5.74) is 1.19. The molecular formula is C20H22FN3O2. The van der Waals surface area contributed by atoms with Crippen molar-refractivity contribution in [3.63, 3.8) is 0 Å². The Morgan fingerprint density at radius 3 is 2.27 bits per heavy atom. The number of hydrogen-bond donors (Lipinski definition) is 1. The number of amides is 2. The van der Waals surface area contributed by atoms with Gasteiger partial charge in [0.2, 0.25) is 11.8 Å². The number of nitrogens with one attached hydrogen (secondary N) is 1. The third-order valence-electron chi connectivity index (χ3n) is 4.45. The van der Waals surface area contributed by atoms with Gasteiger partial charge in [-0.3, -0.25) is 14.5 Å². The lowest BCUT2D eigenvalue weighted by molar-refractivity contribution is -0.132. The van der Waals surface area contributed by atoms with Crippen molar-refractivity contribution in [1.29, 1.82) is 0 Å². The minimum atomic E-state index is -0.350. The van der Waals surface area contributed by atoms with Gasteiger partial charge in [-0.15, -0.1) is 0 Å². The molecule has 1 aliphatic rings. The fourth-order valence-corrected chi connectivity index (χ4v) is 3.00. The number of piperazine rings is 1. The number of halogens is 1. The molecule has 1 aliphatic heterocycles. The van der Waals surface area contributed by atoms with E-state index in [0.29, 0.717) is 38.3 Å². The smallest absolute Gasteiger partial charge is 0.238 e. The largest absolute Gasteiger partial charge is 0.340 e. The first-order valence-electron chi connectivity index (χ1n) is 8.70. The highest BCUT2D eigenvalue weighted by molar-refractivity contribution is 5.92. The highest BCUT2D eigenvalue weighted by Gasteiger charge is 2.23. The van der Waals surface area contributed by atoms with Crippen LogP contribution in [0.4, 0.5) is 10.1 Å². The highest BCUT2D eigenvalue weighted by Crippen LogP contribution is 2.11. The van der Waals surface area contributed by atoms with Gasteiger partial charge in [0.1, 0.15) is 5.82 Å². The first kappa shape index (κ1) is 18.1. The maximum Gasteiger partial charge on any atom is 0.238 e. The molecular weight excluding hydrogens is 333 g/mol. The quantitative estimate of drug-likeness (QED) is 0.894. The Labute approximate surface area is 152 Å². The molecule has 2 aromatic carbocycles. The van der Waals surface area contributed by atoms with E-state index in [9.17, 15) is 14.0 Å². The van der Waals surface area contributed by atoms with E-state index in [1.807, 2.05) is 35.2 Å².